The normalized spacial score (nSPS) is 11.5. The molecule has 2 rings (SSSR count). The molecule has 1 N–H and O–H groups in total. The summed E-state index contributed by atoms with van der Waals surface area (Å²) in [5.74, 6) is -0.862. The van der Waals surface area contributed by atoms with Crippen molar-refractivity contribution in [1.29, 1.82) is 0 Å². The molecule has 0 bridgehead atoms. The smallest absolute Gasteiger partial charge is 0.316 e. The molecule has 0 amide bonds. The predicted molar refractivity (Wildman–Crippen MR) is 75.9 cm³/mol. The van der Waals surface area contributed by atoms with Crippen molar-refractivity contribution in [2.45, 2.75) is 19.3 Å². The molecule has 2 aromatic rings. The van der Waals surface area contributed by atoms with Gasteiger partial charge in [-0.2, -0.15) is 0 Å². The molecule has 0 saturated carbocycles. The largest absolute Gasteiger partial charge is 0.481 e. The second-order valence-corrected chi connectivity index (χ2v) is 6.25. The van der Waals surface area contributed by atoms with Gasteiger partial charge in [0.15, 0.2) is 0 Å². The van der Waals surface area contributed by atoms with Crippen molar-refractivity contribution in [3.8, 4) is 11.3 Å². The van der Waals surface area contributed by atoms with Crippen molar-refractivity contribution in [2.24, 2.45) is 0 Å². The molecule has 0 aliphatic carbocycles. The fourth-order valence-electron chi connectivity index (χ4n) is 1.41. The maximum atomic E-state index is 11.2. The molecule has 0 atom stereocenters. The van der Waals surface area contributed by atoms with E-state index in [-0.39, 0.29) is 0 Å². The predicted octanol–water partition coefficient (Wildman–Crippen LogP) is 3.93. The van der Waals surface area contributed by atoms with Gasteiger partial charge in [0.2, 0.25) is 0 Å². The fourth-order valence-corrected chi connectivity index (χ4v) is 2.61. The van der Waals surface area contributed by atoms with Gasteiger partial charge in [-0.3, -0.25) is 4.79 Å². The number of rotatable bonds is 3. The number of benzene rings is 1. The van der Waals surface area contributed by atoms with E-state index in [9.17, 15) is 9.90 Å². The van der Waals surface area contributed by atoms with Gasteiger partial charge < -0.3 is 5.11 Å². The molecule has 0 unspecified atom stereocenters. The number of thiazole rings is 1. The number of aliphatic carboxylic acids is 1. The summed E-state index contributed by atoms with van der Waals surface area (Å²) in [6.45, 7) is 3.33. The number of hydrogen-bond donors (Lipinski definition) is 1. The third kappa shape index (κ3) is 2.47. The van der Waals surface area contributed by atoms with E-state index in [0.717, 1.165) is 15.7 Å². The van der Waals surface area contributed by atoms with Crippen molar-refractivity contribution < 1.29 is 9.90 Å². The second kappa shape index (κ2) is 4.82. The minimum atomic E-state index is -0.946. The van der Waals surface area contributed by atoms with Crippen LogP contribution in [-0.4, -0.2) is 16.1 Å². The van der Waals surface area contributed by atoms with E-state index in [2.05, 4.69) is 20.9 Å². The van der Waals surface area contributed by atoms with Crippen LogP contribution in [0.5, 0.6) is 0 Å². The number of nitrogens with zero attached hydrogens (tertiary/aromatic N) is 1. The highest BCUT2D eigenvalue weighted by Gasteiger charge is 2.32. The first-order valence-corrected chi connectivity index (χ1v) is 7.04. The van der Waals surface area contributed by atoms with Gasteiger partial charge >= 0.3 is 5.97 Å². The molecule has 0 fully saturated rings. The van der Waals surface area contributed by atoms with Crippen molar-refractivity contribution in [3.05, 3.63) is 39.1 Å². The molecule has 0 radical (unpaired) electrons. The van der Waals surface area contributed by atoms with Gasteiger partial charge in [0.05, 0.1) is 5.69 Å². The molecule has 1 heterocycles. The molecular formula is C13H12BrNO2S. The SMILES string of the molecule is CC(C)(C(=O)O)c1nc(-c2ccc(Br)cc2)cs1. The topological polar surface area (TPSA) is 50.2 Å². The molecule has 5 heteroatoms. The Kier molecular flexibility index (Phi) is 3.54. The number of carbonyl (C=O) groups is 1. The summed E-state index contributed by atoms with van der Waals surface area (Å²) in [4.78, 5) is 15.6. The Hall–Kier alpha value is -1.20. The van der Waals surface area contributed by atoms with Gasteiger partial charge in [-0.15, -0.1) is 11.3 Å². The lowest BCUT2D eigenvalue weighted by Crippen LogP contribution is -2.28. The van der Waals surface area contributed by atoms with E-state index >= 15 is 0 Å². The zero-order chi connectivity index (χ0) is 13.3. The van der Waals surface area contributed by atoms with Crippen LogP contribution in [0.15, 0.2) is 34.1 Å². The lowest BCUT2D eigenvalue weighted by Gasteiger charge is -2.15. The maximum Gasteiger partial charge on any atom is 0.316 e. The van der Waals surface area contributed by atoms with E-state index < -0.39 is 11.4 Å². The monoisotopic (exact) mass is 325 g/mol. The fraction of sp³-hybridized carbons (Fsp3) is 0.231. The second-order valence-electron chi connectivity index (χ2n) is 4.47. The van der Waals surface area contributed by atoms with Crippen molar-refractivity contribution in [3.63, 3.8) is 0 Å². The highest BCUT2D eigenvalue weighted by molar-refractivity contribution is 9.10. The van der Waals surface area contributed by atoms with Crippen LogP contribution in [0.4, 0.5) is 0 Å². The van der Waals surface area contributed by atoms with Crippen LogP contribution in [0.1, 0.15) is 18.9 Å². The molecule has 0 aliphatic heterocycles. The third-order valence-corrected chi connectivity index (χ3v) is 4.41. The number of carboxylic acids is 1. The molecule has 18 heavy (non-hydrogen) atoms. The van der Waals surface area contributed by atoms with Crippen molar-refractivity contribution >= 4 is 33.2 Å². The Bertz CT molecular complexity index is 575. The standard InChI is InChI=1S/C13H12BrNO2S/c1-13(2,12(16)17)11-15-10(7-18-11)8-3-5-9(14)6-4-8/h3-7H,1-2H3,(H,16,17). The summed E-state index contributed by atoms with van der Waals surface area (Å²) in [6, 6.07) is 7.79. The van der Waals surface area contributed by atoms with Gasteiger partial charge in [-0.25, -0.2) is 4.98 Å². The molecule has 1 aromatic heterocycles. The zero-order valence-electron chi connectivity index (χ0n) is 9.98. The molecular weight excluding hydrogens is 314 g/mol. The molecule has 0 saturated heterocycles. The van der Waals surface area contributed by atoms with Gasteiger partial charge in [0, 0.05) is 15.4 Å². The van der Waals surface area contributed by atoms with Crippen LogP contribution in [0, 0.1) is 0 Å². The molecule has 0 spiro atoms. The Labute approximate surface area is 118 Å². The lowest BCUT2D eigenvalue weighted by molar-refractivity contribution is -0.142. The average Bonchev–Trinajstić information content (AvgIpc) is 2.79. The van der Waals surface area contributed by atoms with E-state index in [0.29, 0.717) is 5.01 Å². The summed E-state index contributed by atoms with van der Waals surface area (Å²) in [6.07, 6.45) is 0. The van der Waals surface area contributed by atoms with Crippen LogP contribution in [0.3, 0.4) is 0 Å². The first-order chi connectivity index (χ1) is 8.41. The van der Waals surface area contributed by atoms with Crippen LogP contribution in [0.25, 0.3) is 11.3 Å². The number of carboxylic acid groups (broad SMARTS) is 1. The van der Waals surface area contributed by atoms with Crippen LogP contribution < -0.4 is 0 Å². The maximum absolute atomic E-state index is 11.2. The highest BCUT2D eigenvalue weighted by atomic mass is 79.9. The first-order valence-electron chi connectivity index (χ1n) is 5.36. The van der Waals surface area contributed by atoms with E-state index in [1.165, 1.54) is 11.3 Å². The van der Waals surface area contributed by atoms with E-state index in [1.54, 1.807) is 13.8 Å². The van der Waals surface area contributed by atoms with Gasteiger partial charge in [0.25, 0.3) is 0 Å². The lowest BCUT2D eigenvalue weighted by atomic mass is 9.95. The van der Waals surface area contributed by atoms with Crippen LogP contribution in [0.2, 0.25) is 0 Å². The Morgan fingerprint density at radius 1 is 1.33 bits per heavy atom. The molecule has 1 aromatic carbocycles. The van der Waals surface area contributed by atoms with Crippen LogP contribution in [-0.2, 0) is 10.2 Å². The number of aromatic nitrogens is 1. The Balaban J connectivity index is 2.37. The third-order valence-electron chi connectivity index (χ3n) is 2.71. The summed E-state index contributed by atoms with van der Waals surface area (Å²) in [7, 11) is 0. The molecule has 3 nitrogen and oxygen atoms in total. The van der Waals surface area contributed by atoms with E-state index in [4.69, 9.17) is 0 Å². The molecule has 0 aliphatic rings. The summed E-state index contributed by atoms with van der Waals surface area (Å²) >= 11 is 4.76. The summed E-state index contributed by atoms with van der Waals surface area (Å²) in [5.41, 5.74) is 0.858. The van der Waals surface area contributed by atoms with Crippen LogP contribution >= 0.6 is 27.3 Å². The molecule has 94 valence electrons. The van der Waals surface area contributed by atoms with Crippen molar-refractivity contribution in [1.82, 2.24) is 4.98 Å². The summed E-state index contributed by atoms with van der Waals surface area (Å²) < 4.78 is 1.01. The highest BCUT2D eigenvalue weighted by Crippen LogP contribution is 2.30. The van der Waals surface area contributed by atoms with Gasteiger partial charge in [-0.1, -0.05) is 28.1 Å². The number of hydrogen-bond acceptors (Lipinski definition) is 3. The Morgan fingerprint density at radius 3 is 2.50 bits per heavy atom. The Morgan fingerprint density at radius 2 is 1.94 bits per heavy atom. The van der Waals surface area contributed by atoms with Gasteiger partial charge in [-0.05, 0) is 26.0 Å². The summed E-state index contributed by atoms with van der Waals surface area (Å²) in [5, 5.41) is 11.7. The zero-order valence-corrected chi connectivity index (χ0v) is 12.4. The van der Waals surface area contributed by atoms with Gasteiger partial charge in [0.1, 0.15) is 10.4 Å². The van der Waals surface area contributed by atoms with Crippen molar-refractivity contribution in [2.75, 3.05) is 0 Å². The first kappa shape index (κ1) is 13.2. The average molecular weight is 326 g/mol. The number of halogens is 1. The minimum absolute atomic E-state index is 0.618. The minimum Gasteiger partial charge on any atom is -0.481 e. The quantitative estimate of drug-likeness (QED) is 0.929. The van der Waals surface area contributed by atoms with E-state index in [1.807, 2.05) is 29.6 Å².